The predicted molar refractivity (Wildman–Crippen MR) is 64.6 cm³/mol. The van der Waals surface area contributed by atoms with Crippen LogP contribution in [0.1, 0.15) is 16.3 Å². The first kappa shape index (κ1) is 13.1. The summed E-state index contributed by atoms with van der Waals surface area (Å²) in [6, 6.07) is 0. The van der Waals surface area contributed by atoms with Crippen LogP contribution in [0.3, 0.4) is 0 Å². The lowest BCUT2D eigenvalue weighted by Gasteiger charge is -2.02. The Kier molecular flexibility index (Phi) is 4.18. The fourth-order valence-electron chi connectivity index (χ4n) is 1.52. The number of nitrogens with zero attached hydrogens (tertiary/aromatic N) is 6. The zero-order valence-corrected chi connectivity index (χ0v) is 10.5. The fourth-order valence-corrected chi connectivity index (χ4v) is 1.52. The van der Waals surface area contributed by atoms with Crippen LogP contribution >= 0.6 is 0 Å². The van der Waals surface area contributed by atoms with Crippen LogP contribution in [0.4, 0.5) is 0 Å². The third kappa shape index (κ3) is 3.85. The number of carboxylic acids is 1. The minimum absolute atomic E-state index is 0.0438. The van der Waals surface area contributed by atoms with Crippen LogP contribution in [0.15, 0.2) is 12.5 Å². The van der Waals surface area contributed by atoms with Gasteiger partial charge in [0.1, 0.15) is 6.33 Å². The van der Waals surface area contributed by atoms with E-state index in [1.807, 2.05) is 7.05 Å². The molecule has 0 fully saturated rings. The van der Waals surface area contributed by atoms with E-state index in [1.54, 1.807) is 11.0 Å². The third-order valence-electron chi connectivity index (χ3n) is 2.45. The SMILES string of the molecule is Cn1cnc(CCNCCn2cc(C(=O)O)nn2)n1. The average Bonchev–Trinajstić information content (AvgIpc) is 2.98. The highest BCUT2D eigenvalue weighted by atomic mass is 16.4. The maximum absolute atomic E-state index is 10.6. The summed E-state index contributed by atoms with van der Waals surface area (Å²) < 4.78 is 3.16. The molecule has 0 spiro atoms. The van der Waals surface area contributed by atoms with Crippen LogP contribution in [0.5, 0.6) is 0 Å². The summed E-state index contributed by atoms with van der Waals surface area (Å²) in [5.74, 6) is -0.274. The molecule has 0 saturated carbocycles. The monoisotopic (exact) mass is 265 g/mol. The minimum Gasteiger partial charge on any atom is -0.476 e. The van der Waals surface area contributed by atoms with Crippen molar-refractivity contribution >= 4 is 5.97 Å². The number of aromatic carboxylic acids is 1. The molecular weight excluding hydrogens is 250 g/mol. The van der Waals surface area contributed by atoms with Gasteiger partial charge in [-0.15, -0.1) is 5.10 Å². The largest absolute Gasteiger partial charge is 0.476 e. The predicted octanol–water partition coefficient (Wildman–Crippen LogP) is -1.06. The molecule has 0 aromatic carbocycles. The Morgan fingerprint density at radius 2 is 2.32 bits per heavy atom. The molecule has 2 N–H and O–H groups in total. The number of hydrogen-bond donors (Lipinski definition) is 2. The maximum Gasteiger partial charge on any atom is 0.358 e. The second-order valence-electron chi connectivity index (χ2n) is 4.01. The number of carboxylic acid groups (broad SMARTS) is 1. The highest BCUT2D eigenvalue weighted by Crippen LogP contribution is 1.92. The zero-order valence-electron chi connectivity index (χ0n) is 10.5. The van der Waals surface area contributed by atoms with Crippen molar-refractivity contribution in [1.82, 2.24) is 35.1 Å². The van der Waals surface area contributed by atoms with Crippen LogP contribution in [0.25, 0.3) is 0 Å². The van der Waals surface area contributed by atoms with E-state index in [-0.39, 0.29) is 5.69 Å². The molecule has 19 heavy (non-hydrogen) atoms. The molecule has 0 amide bonds. The number of aromatic nitrogens is 6. The smallest absolute Gasteiger partial charge is 0.358 e. The van der Waals surface area contributed by atoms with E-state index in [9.17, 15) is 4.79 Å². The summed E-state index contributed by atoms with van der Waals surface area (Å²) in [6.45, 7) is 2.00. The van der Waals surface area contributed by atoms with Crippen LogP contribution in [-0.2, 0) is 20.0 Å². The van der Waals surface area contributed by atoms with E-state index < -0.39 is 5.97 Å². The molecule has 0 radical (unpaired) electrons. The van der Waals surface area contributed by atoms with Gasteiger partial charge in [0.05, 0.1) is 12.7 Å². The molecular formula is C10H15N7O2. The normalized spacial score (nSPS) is 10.8. The Hall–Kier alpha value is -2.29. The Bertz CT molecular complexity index is 548. The van der Waals surface area contributed by atoms with E-state index in [0.29, 0.717) is 13.1 Å². The molecule has 2 rings (SSSR count). The Balaban J connectivity index is 1.65. The van der Waals surface area contributed by atoms with Gasteiger partial charge in [0.25, 0.3) is 0 Å². The molecule has 0 aliphatic heterocycles. The molecule has 2 heterocycles. The van der Waals surface area contributed by atoms with E-state index in [1.165, 1.54) is 10.9 Å². The maximum atomic E-state index is 10.6. The topological polar surface area (TPSA) is 111 Å². The molecule has 0 aliphatic rings. The molecule has 0 saturated heterocycles. The van der Waals surface area contributed by atoms with Gasteiger partial charge in [-0.2, -0.15) is 5.10 Å². The van der Waals surface area contributed by atoms with E-state index in [0.717, 1.165) is 18.8 Å². The lowest BCUT2D eigenvalue weighted by Crippen LogP contribution is -2.23. The molecule has 9 heteroatoms. The van der Waals surface area contributed by atoms with Gasteiger partial charge in [-0.25, -0.2) is 9.78 Å². The van der Waals surface area contributed by atoms with Crippen LogP contribution in [-0.4, -0.2) is 53.9 Å². The van der Waals surface area contributed by atoms with Gasteiger partial charge in [0.2, 0.25) is 0 Å². The number of rotatable bonds is 7. The first-order chi connectivity index (χ1) is 9.15. The minimum atomic E-state index is -1.07. The van der Waals surface area contributed by atoms with Crippen molar-refractivity contribution < 1.29 is 9.90 Å². The van der Waals surface area contributed by atoms with Gasteiger partial charge in [-0.05, 0) is 0 Å². The molecule has 2 aromatic rings. The number of carbonyl (C=O) groups is 1. The van der Waals surface area contributed by atoms with Crippen molar-refractivity contribution in [3.8, 4) is 0 Å². The summed E-state index contributed by atoms with van der Waals surface area (Å²) in [5.41, 5.74) is -0.0438. The van der Waals surface area contributed by atoms with Gasteiger partial charge in [-0.1, -0.05) is 5.21 Å². The van der Waals surface area contributed by atoms with Gasteiger partial charge < -0.3 is 10.4 Å². The second kappa shape index (κ2) is 6.05. The first-order valence-corrected chi connectivity index (χ1v) is 5.84. The lowest BCUT2D eigenvalue weighted by molar-refractivity contribution is 0.0690. The summed E-state index contributed by atoms with van der Waals surface area (Å²) in [4.78, 5) is 14.7. The first-order valence-electron chi connectivity index (χ1n) is 5.84. The van der Waals surface area contributed by atoms with Gasteiger partial charge in [0.15, 0.2) is 11.5 Å². The highest BCUT2D eigenvalue weighted by molar-refractivity contribution is 5.84. The molecule has 0 atom stereocenters. The van der Waals surface area contributed by atoms with Crippen LogP contribution in [0, 0.1) is 0 Å². The Labute approximate surface area is 109 Å². The van der Waals surface area contributed by atoms with E-state index >= 15 is 0 Å². The summed E-state index contributed by atoms with van der Waals surface area (Å²) >= 11 is 0. The molecule has 2 aromatic heterocycles. The second-order valence-corrected chi connectivity index (χ2v) is 4.01. The Morgan fingerprint density at radius 1 is 1.47 bits per heavy atom. The van der Waals surface area contributed by atoms with Crippen LogP contribution < -0.4 is 5.32 Å². The van der Waals surface area contributed by atoms with Crippen molar-refractivity contribution in [3.05, 3.63) is 24.0 Å². The number of nitrogens with one attached hydrogen (secondary N) is 1. The van der Waals surface area contributed by atoms with Crippen LogP contribution in [0.2, 0.25) is 0 Å². The van der Waals surface area contributed by atoms with Crippen molar-refractivity contribution in [2.75, 3.05) is 13.1 Å². The average molecular weight is 265 g/mol. The quantitative estimate of drug-likeness (QED) is 0.614. The third-order valence-corrected chi connectivity index (χ3v) is 2.45. The molecule has 9 nitrogen and oxygen atoms in total. The number of hydrogen-bond acceptors (Lipinski definition) is 6. The zero-order chi connectivity index (χ0) is 13.7. The molecule has 0 aliphatic carbocycles. The molecule has 0 unspecified atom stereocenters. The summed E-state index contributed by atoms with van der Waals surface area (Å²) in [7, 11) is 1.83. The van der Waals surface area contributed by atoms with Gasteiger partial charge in [-0.3, -0.25) is 9.36 Å². The standard InChI is InChI=1S/C10H15N7O2/c1-16-7-12-9(14-16)2-3-11-4-5-17-6-8(10(18)19)13-15-17/h6-7,11H,2-5H2,1H3,(H,18,19). The van der Waals surface area contributed by atoms with Crippen molar-refractivity contribution in [1.29, 1.82) is 0 Å². The van der Waals surface area contributed by atoms with Gasteiger partial charge >= 0.3 is 5.97 Å². The Morgan fingerprint density at radius 3 is 2.95 bits per heavy atom. The highest BCUT2D eigenvalue weighted by Gasteiger charge is 2.07. The fraction of sp³-hybridized carbons (Fsp3) is 0.500. The molecule has 102 valence electrons. The van der Waals surface area contributed by atoms with Crippen molar-refractivity contribution in [2.24, 2.45) is 7.05 Å². The summed E-state index contributed by atoms with van der Waals surface area (Å²) in [6.07, 6.45) is 3.82. The molecule has 0 bridgehead atoms. The lowest BCUT2D eigenvalue weighted by atomic mass is 10.4. The van der Waals surface area contributed by atoms with E-state index in [2.05, 4.69) is 25.7 Å². The van der Waals surface area contributed by atoms with Gasteiger partial charge in [0, 0.05) is 26.6 Å². The summed E-state index contributed by atoms with van der Waals surface area (Å²) in [5, 5.41) is 23.3. The number of aryl methyl sites for hydroxylation is 1. The van der Waals surface area contributed by atoms with Crippen molar-refractivity contribution in [2.45, 2.75) is 13.0 Å². The van der Waals surface area contributed by atoms with Crippen molar-refractivity contribution in [3.63, 3.8) is 0 Å². The van der Waals surface area contributed by atoms with E-state index in [4.69, 9.17) is 5.11 Å².